The topological polar surface area (TPSA) is 118 Å². The third-order valence-electron chi connectivity index (χ3n) is 4.10. The molecule has 0 radical (unpaired) electrons. The minimum absolute atomic E-state index is 0.0969. The number of amides is 1. The van der Waals surface area contributed by atoms with E-state index in [2.05, 4.69) is 25.4 Å². The number of hydrogen-bond donors (Lipinski definition) is 3. The lowest BCUT2D eigenvalue weighted by atomic mass is 10.2. The minimum Gasteiger partial charge on any atom is -0.352 e. The Morgan fingerprint density at radius 2 is 2.27 bits per heavy atom. The van der Waals surface area contributed by atoms with E-state index >= 15 is 0 Å². The molecule has 1 fully saturated rings. The molecule has 0 aliphatic carbocycles. The summed E-state index contributed by atoms with van der Waals surface area (Å²) >= 11 is 0. The molecule has 0 unspecified atom stereocenters. The predicted octanol–water partition coefficient (Wildman–Crippen LogP) is -0.262. The van der Waals surface area contributed by atoms with Crippen LogP contribution in [0, 0.1) is 0 Å². The highest BCUT2D eigenvalue weighted by atomic mass is 32.2. The summed E-state index contributed by atoms with van der Waals surface area (Å²) in [6, 6.07) is 5.95. The van der Waals surface area contributed by atoms with Crippen molar-refractivity contribution in [3.05, 3.63) is 42.5 Å². The number of benzene rings is 1. The smallest absolute Gasteiger partial charge is 0.251 e. The Morgan fingerprint density at radius 1 is 1.38 bits per heavy atom. The molecule has 1 saturated heterocycles. The first-order valence-electron chi connectivity index (χ1n) is 8.48. The third-order valence-corrected chi connectivity index (χ3v) is 5.62. The number of aryl methyl sites for hydroxylation is 1. The average molecular weight is 378 g/mol. The molecular weight excluding hydrogens is 356 g/mol. The molecule has 26 heavy (non-hydrogen) atoms. The van der Waals surface area contributed by atoms with Gasteiger partial charge in [0.1, 0.15) is 12.7 Å². The maximum Gasteiger partial charge on any atom is 0.251 e. The van der Waals surface area contributed by atoms with Crippen molar-refractivity contribution in [3.8, 4) is 0 Å². The highest BCUT2D eigenvalue weighted by Gasteiger charge is 2.23. The van der Waals surface area contributed by atoms with E-state index in [1.807, 2.05) is 0 Å². The van der Waals surface area contributed by atoms with Gasteiger partial charge in [0.15, 0.2) is 0 Å². The maximum atomic E-state index is 12.5. The molecule has 2 aromatic rings. The lowest BCUT2D eigenvalue weighted by molar-refractivity contribution is 0.0952. The van der Waals surface area contributed by atoms with Gasteiger partial charge < -0.3 is 10.6 Å². The molecule has 0 bridgehead atoms. The summed E-state index contributed by atoms with van der Waals surface area (Å²) in [5, 5.41) is 9.89. The van der Waals surface area contributed by atoms with Crippen LogP contribution in [0.1, 0.15) is 23.2 Å². The number of nitrogens with zero attached hydrogens (tertiary/aromatic N) is 3. The SMILES string of the molecule is O=C(NCCCn1cncn1)c1cccc(S(=O)(=O)N[C@@H]2CCNC2)c1. The lowest BCUT2D eigenvalue weighted by Crippen LogP contribution is -2.36. The summed E-state index contributed by atoms with van der Waals surface area (Å²) in [6.45, 7) is 2.52. The summed E-state index contributed by atoms with van der Waals surface area (Å²) in [5.41, 5.74) is 0.318. The molecule has 140 valence electrons. The maximum absolute atomic E-state index is 12.5. The van der Waals surface area contributed by atoms with Crippen molar-refractivity contribution in [2.75, 3.05) is 19.6 Å². The number of hydrogen-bond acceptors (Lipinski definition) is 6. The predicted molar refractivity (Wildman–Crippen MR) is 95.0 cm³/mol. The second-order valence-electron chi connectivity index (χ2n) is 6.11. The van der Waals surface area contributed by atoms with E-state index in [4.69, 9.17) is 0 Å². The number of sulfonamides is 1. The van der Waals surface area contributed by atoms with Gasteiger partial charge in [-0.25, -0.2) is 18.1 Å². The zero-order chi connectivity index (χ0) is 18.4. The first kappa shape index (κ1) is 18.5. The Balaban J connectivity index is 1.56. The lowest BCUT2D eigenvalue weighted by Gasteiger charge is -2.13. The molecule has 3 N–H and O–H groups in total. The van der Waals surface area contributed by atoms with Crippen LogP contribution in [0.3, 0.4) is 0 Å². The fourth-order valence-corrected chi connectivity index (χ4v) is 4.06. The van der Waals surface area contributed by atoms with Gasteiger partial charge in [0.2, 0.25) is 10.0 Å². The van der Waals surface area contributed by atoms with Crippen LogP contribution in [0.2, 0.25) is 0 Å². The van der Waals surface area contributed by atoms with Crippen LogP contribution >= 0.6 is 0 Å². The Kier molecular flexibility index (Phi) is 5.96. The zero-order valence-electron chi connectivity index (χ0n) is 14.3. The average Bonchev–Trinajstić information content (AvgIpc) is 3.32. The van der Waals surface area contributed by atoms with Crippen LogP contribution in [0.5, 0.6) is 0 Å². The molecule has 3 rings (SSSR count). The van der Waals surface area contributed by atoms with Gasteiger partial charge in [-0.3, -0.25) is 9.48 Å². The molecule has 10 heteroatoms. The van der Waals surface area contributed by atoms with Crippen molar-refractivity contribution in [2.45, 2.75) is 30.3 Å². The highest BCUT2D eigenvalue weighted by Crippen LogP contribution is 2.13. The van der Waals surface area contributed by atoms with Crippen LogP contribution in [0.25, 0.3) is 0 Å². The van der Waals surface area contributed by atoms with Gasteiger partial charge in [-0.15, -0.1) is 0 Å². The van der Waals surface area contributed by atoms with E-state index in [0.29, 0.717) is 31.6 Å². The second-order valence-corrected chi connectivity index (χ2v) is 7.82. The van der Waals surface area contributed by atoms with Crippen LogP contribution in [0.4, 0.5) is 0 Å². The van der Waals surface area contributed by atoms with E-state index in [1.54, 1.807) is 23.1 Å². The molecule has 1 amide bonds. The van der Waals surface area contributed by atoms with E-state index < -0.39 is 10.0 Å². The molecule has 1 aliphatic heterocycles. The summed E-state index contributed by atoms with van der Waals surface area (Å²) < 4.78 is 29.3. The Labute approximate surface area is 152 Å². The molecule has 1 atom stereocenters. The fraction of sp³-hybridized carbons (Fsp3) is 0.438. The van der Waals surface area contributed by atoms with Gasteiger partial charge in [-0.1, -0.05) is 6.07 Å². The van der Waals surface area contributed by atoms with Crippen LogP contribution in [0.15, 0.2) is 41.8 Å². The van der Waals surface area contributed by atoms with Crippen molar-refractivity contribution >= 4 is 15.9 Å². The van der Waals surface area contributed by atoms with E-state index in [9.17, 15) is 13.2 Å². The standard InChI is InChI=1S/C16H22N6O3S/c23-16(19-6-2-8-22-12-18-11-20-22)13-3-1-4-15(9-13)26(24,25)21-14-5-7-17-10-14/h1,3-4,9,11-12,14,17,21H,2,5-8,10H2,(H,19,23)/t14-/m1/s1. The summed E-state index contributed by atoms with van der Waals surface area (Å²) in [4.78, 5) is 16.2. The van der Waals surface area contributed by atoms with Gasteiger partial charge in [-0.05, 0) is 37.6 Å². The number of carbonyl (C=O) groups is 1. The van der Waals surface area contributed by atoms with Crippen LogP contribution in [-0.4, -0.2) is 54.8 Å². The summed E-state index contributed by atoms with van der Waals surface area (Å²) in [7, 11) is -3.64. The zero-order valence-corrected chi connectivity index (χ0v) is 15.1. The molecule has 0 saturated carbocycles. The van der Waals surface area contributed by atoms with E-state index in [1.165, 1.54) is 18.5 Å². The van der Waals surface area contributed by atoms with Crippen molar-refractivity contribution in [1.29, 1.82) is 0 Å². The molecule has 1 aromatic carbocycles. The van der Waals surface area contributed by atoms with E-state index in [0.717, 1.165) is 13.0 Å². The molecule has 1 aromatic heterocycles. The number of carbonyl (C=O) groups excluding carboxylic acids is 1. The summed E-state index contributed by atoms with van der Waals surface area (Å²) in [6.07, 6.45) is 4.53. The summed E-state index contributed by atoms with van der Waals surface area (Å²) in [5.74, 6) is -0.303. The number of rotatable bonds is 8. The normalized spacial score (nSPS) is 17.3. The minimum atomic E-state index is -3.64. The van der Waals surface area contributed by atoms with Gasteiger partial charge >= 0.3 is 0 Å². The van der Waals surface area contributed by atoms with E-state index in [-0.39, 0.29) is 16.8 Å². The number of nitrogens with one attached hydrogen (secondary N) is 3. The molecular formula is C16H22N6O3S. The molecule has 2 heterocycles. The van der Waals surface area contributed by atoms with Gasteiger partial charge in [-0.2, -0.15) is 5.10 Å². The van der Waals surface area contributed by atoms with Gasteiger partial charge in [0.25, 0.3) is 5.91 Å². The van der Waals surface area contributed by atoms with Gasteiger partial charge in [0.05, 0.1) is 4.90 Å². The molecule has 0 spiro atoms. The Bertz CT molecular complexity index is 831. The largest absolute Gasteiger partial charge is 0.352 e. The Morgan fingerprint density at radius 3 is 3.00 bits per heavy atom. The van der Waals surface area contributed by atoms with Crippen LogP contribution in [-0.2, 0) is 16.6 Å². The van der Waals surface area contributed by atoms with Crippen molar-refractivity contribution in [2.24, 2.45) is 0 Å². The first-order valence-corrected chi connectivity index (χ1v) is 9.97. The Hall–Kier alpha value is -2.30. The highest BCUT2D eigenvalue weighted by molar-refractivity contribution is 7.89. The van der Waals surface area contributed by atoms with Crippen molar-refractivity contribution in [3.63, 3.8) is 0 Å². The first-order chi connectivity index (χ1) is 12.5. The van der Waals surface area contributed by atoms with Crippen molar-refractivity contribution in [1.82, 2.24) is 30.1 Å². The van der Waals surface area contributed by atoms with Gasteiger partial charge in [0, 0.05) is 31.2 Å². The third kappa shape index (κ3) is 4.87. The molecule has 1 aliphatic rings. The fourth-order valence-electron chi connectivity index (χ4n) is 2.74. The van der Waals surface area contributed by atoms with Crippen LogP contribution < -0.4 is 15.4 Å². The number of aromatic nitrogens is 3. The molecule has 9 nitrogen and oxygen atoms in total. The monoisotopic (exact) mass is 378 g/mol. The van der Waals surface area contributed by atoms with Crippen molar-refractivity contribution < 1.29 is 13.2 Å². The second kappa shape index (κ2) is 8.39. The quantitative estimate of drug-likeness (QED) is 0.545.